The van der Waals surface area contributed by atoms with Crippen LogP contribution >= 0.6 is 0 Å². The summed E-state index contributed by atoms with van der Waals surface area (Å²) in [6.45, 7) is -0.200. The van der Waals surface area contributed by atoms with Gasteiger partial charge < -0.3 is 0 Å². The number of hydrazine groups is 1. The summed E-state index contributed by atoms with van der Waals surface area (Å²) < 4.78 is 0. The van der Waals surface area contributed by atoms with Crippen molar-refractivity contribution in [2.45, 2.75) is 6.04 Å². The normalized spacial score (nSPS) is 10.6. The quantitative estimate of drug-likeness (QED) is 0.208. The minimum Gasteiger partial charge on any atom is -0.235 e. The van der Waals surface area contributed by atoms with E-state index in [9.17, 15) is 10.1 Å². The average molecular weight is 200 g/mol. The molecule has 0 aliphatic carbocycles. The molecule has 76 valence electrons. The predicted octanol–water partition coefficient (Wildman–Crippen LogP) is 1.10. The molecular formula is C4H8N8O2. The number of nitro groups is 1. The largest absolute Gasteiger partial charge is 0.235 e. The standard InChI is InChI=1S/C4H8N8O2/c1-11(12(13)14)3-4(8-10-6)2-7-9-5/h4H,2-3H2,1H3. The zero-order chi connectivity index (χ0) is 11.0. The Morgan fingerprint density at radius 1 is 1.57 bits per heavy atom. The Morgan fingerprint density at radius 2 is 2.21 bits per heavy atom. The van der Waals surface area contributed by atoms with Crippen LogP contribution in [0.15, 0.2) is 10.2 Å². The van der Waals surface area contributed by atoms with E-state index in [1.807, 2.05) is 0 Å². The van der Waals surface area contributed by atoms with Crippen molar-refractivity contribution >= 4 is 0 Å². The SMILES string of the molecule is CN(CC(CN=[N+]=[N-])N=[N+]=[N-])[N+](=O)[O-]. The van der Waals surface area contributed by atoms with E-state index in [0.29, 0.717) is 0 Å². The highest BCUT2D eigenvalue weighted by molar-refractivity contribution is 4.71. The summed E-state index contributed by atoms with van der Waals surface area (Å²) in [5.41, 5.74) is 16.1. The first-order chi connectivity index (χ1) is 6.61. The minimum atomic E-state index is -0.730. The summed E-state index contributed by atoms with van der Waals surface area (Å²) in [6.07, 6.45) is 0. The van der Waals surface area contributed by atoms with E-state index in [1.54, 1.807) is 0 Å². The fourth-order valence-electron chi connectivity index (χ4n) is 0.706. The van der Waals surface area contributed by atoms with Crippen molar-refractivity contribution in [2.24, 2.45) is 10.2 Å². The third kappa shape index (κ3) is 4.65. The molecule has 0 heterocycles. The van der Waals surface area contributed by atoms with Gasteiger partial charge in [0.25, 0.3) is 0 Å². The lowest BCUT2D eigenvalue weighted by Crippen LogP contribution is -2.33. The summed E-state index contributed by atoms with van der Waals surface area (Å²) in [7, 11) is 1.23. The minimum absolute atomic E-state index is 0.0985. The van der Waals surface area contributed by atoms with Crippen molar-refractivity contribution in [3.63, 3.8) is 0 Å². The lowest BCUT2D eigenvalue weighted by Gasteiger charge is -2.11. The zero-order valence-corrected chi connectivity index (χ0v) is 7.39. The molecule has 14 heavy (non-hydrogen) atoms. The molecule has 1 unspecified atom stereocenters. The molecule has 0 aromatic carbocycles. The Hall–Kier alpha value is -2.18. The number of hydrogen-bond acceptors (Lipinski definition) is 4. The smallest absolute Gasteiger partial charge is 0.159 e. The molecule has 10 nitrogen and oxygen atoms in total. The van der Waals surface area contributed by atoms with Gasteiger partial charge in [0.15, 0.2) is 5.03 Å². The van der Waals surface area contributed by atoms with E-state index in [-0.39, 0.29) is 13.1 Å². The van der Waals surface area contributed by atoms with E-state index in [0.717, 1.165) is 5.01 Å². The lowest BCUT2D eigenvalue weighted by molar-refractivity contribution is -0.649. The number of azide groups is 2. The van der Waals surface area contributed by atoms with Gasteiger partial charge in [0.05, 0.1) is 19.6 Å². The topological polar surface area (TPSA) is 144 Å². The van der Waals surface area contributed by atoms with Crippen molar-refractivity contribution in [1.82, 2.24) is 5.01 Å². The summed E-state index contributed by atoms with van der Waals surface area (Å²) in [4.78, 5) is 15.2. The second-order valence-corrected chi connectivity index (χ2v) is 2.35. The molecule has 0 amide bonds. The summed E-state index contributed by atoms with van der Waals surface area (Å²) in [5.74, 6) is 0. The Bertz CT molecular complexity index is 290. The van der Waals surface area contributed by atoms with Crippen molar-refractivity contribution < 1.29 is 5.03 Å². The molecule has 0 radical (unpaired) electrons. The van der Waals surface area contributed by atoms with Crippen LogP contribution in [-0.4, -0.2) is 36.2 Å². The van der Waals surface area contributed by atoms with Crippen LogP contribution in [-0.2, 0) is 0 Å². The second kappa shape index (κ2) is 6.35. The Morgan fingerprint density at radius 3 is 2.64 bits per heavy atom. The van der Waals surface area contributed by atoms with Gasteiger partial charge in [0.2, 0.25) is 0 Å². The fraction of sp³-hybridized carbons (Fsp3) is 1.00. The maximum atomic E-state index is 10.2. The zero-order valence-electron chi connectivity index (χ0n) is 7.39. The van der Waals surface area contributed by atoms with Gasteiger partial charge >= 0.3 is 0 Å². The van der Waals surface area contributed by atoms with Crippen molar-refractivity contribution in [3.8, 4) is 0 Å². The molecule has 0 aromatic rings. The van der Waals surface area contributed by atoms with Gasteiger partial charge in [0, 0.05) is 16.4 Å². The van der Waals surface area contributed by atoms with Crippen LogP contribution in [0, 0.1) is 10.1 Å². The molecule has 0 fully saturated rings. The van der Waals surface area contributed by atoms with Gasteiger partial charge in [-0.15, -0.1) is 5.01 Å². The molecular weight excluding hydrogens is 192 g/mol. The van der Waals surface area contributed by atoms with Crippen molar-refractivity contribution in [2.75, 3.05) is 20.1 Å². The first kappa shape index (κ1) is 11.8. The molecule has 10 heteroatoms. The molecule has 0 aliphatic heterocycles. The molecule has 0 rings (SSSR count). The van der Waals surface area contributed by atoms with Crippen LogP contribution in [0.2, 0.25) is 0 Å². The number of likely N-dealkylation sites (N-methyl/N-ethyl adjacent to an activating group) is 1. The monoisotopic (exact) mass is 200 g/mol. The molecule has 0 aromatic heterocycles. The molecule has 0 saturated carbocycles. The van der Waals surface area contributed by atoms with E-state index in [4.69, 9.17) is 11.1 Å². The summed E-state index contributed by atoms with van der Waals surface area (Å²) in [6, 6.07) is -0.730. The van der Waals surface area contributed by atoms with Crippen LogP contribution in [0.5, 0.6) is 0 Å². The lowest BCUT2D eigenvalue weighted by atomic mass is 10.3. The number of hydrogen-bond donors (Lipinski definition) is 0. The van der Waals surface area contributed by atoms with Gasteiger partial charge in [-0.1, -0.05) is 10.2 Å². The highest BCUT2D eigenvalue weighted by Gasteiger charge is 2.14. The first-order valence-corrected chi connectivity index (χ1v) is 3.52. The predicted molar refractivity (Wildman–Crippen MR) is 46.6 cm³/mol. The molecule has 0 bridgehead atoms. The van der Waals surface area contributed by atoms with Gasteiger partial charge in [-0.25, -0.2) is 10.1 Å². The van der Waals surface area contributed by atoms with Crippen molar-refractivity contribution in [3.05, 3.63) is 31.0 Å². The Labute approximate surface area is 78.5 Å². The third-order valence-electron chi connectivity index (χ3n) is 1.32. The number of rotatable bonds is 6. The number of nitrogens with zero attached hydrogens (tertiary/aromatic N) is 8. The van der Waals surface area contributed by atoms with Gasteiger partial charge in [-0.2, -0.15) is 0 Å². The van der Waals surface area contributed by atoms with E-state index >= 15 is 0 Å². The fourth-order valence-corrected chi connectivity index (χ4v) is 0.706. The molecule has 0 saturated heterocycles. The van der Waals surface area contributed by atoms with E-state index in [1.165, 1.54) is 7.05 Å². The van der Waals surface area contributed by atoms with Crippen LogP contribution < -0.4 is 0 Å². The average Bonchev–Trinajstić information content (AvgIpc) is 2.14. The molecule has 0 aliphatic rings. The Balaban J connectivity index is 4.28. The summed E-state index contributed by atoms with van der Waals surface area (Å²) >= 11 is 0. The molecule has 1 atom stereocenters. The van der Waals surface area contributed by atoms with Crippen molar-refractivity contribution in [1.29, 1.82) is 0 Å². The molecule has 0 spiro atoms. The van der Waals surface area contributed by atoms with Crippen LogP contribution in [0.4, 0.5) is 0 Å². The van der Waals surface area contributed by atoms with Crippen LogP contribution in [0.25, 0.3) is 20.9 Å². The second-order valence-electron chi connectivity index (χ2n) is 2.35. The maximum Gasteiger partial charge on any atom is 0.159 e. The van der Waals surface area contributed by atoms with E-state index < -0.39 is 11.1 Å². The Kier molecular flexibility index (Phi) is 5.36. The van der Waals surface area contributed by atoms with Crippen LogP contribution in [0.3, 0.4) is 0 Å². The van der Waals surface area contributed by atoms with Gasteiger partial charge in [-0.05, 0) is 11.1 Å². The van der Waals surface area contributed by atoms with Crippen LogP contribution in [0.1, 0.15) is 0 Å². The summed E-state index contributed by atoms with van der Waals surface area (Å²) in [5, 5.41) is 16.7. The van der Waals surface area contributed by atoms with Gasteiger partial charge in [-0.3, -0.25) is 0 Å². The van der Waals surface area contributed by atoms with Gasteiger partial charge in [0.1, 0.15) is 0 Å². The molecule has 0 N–H and O–H groups in total. The highest BCUT2D eigenvalue weighted by atomic mass is 16.7. The first-order valence-electron chi connectivity index (χ1n) is 3.52. The highest BCUT2D eigenvalue weighted by Crippen LogP contribution is 1.97. The third-order valence-corrected chi connectivity index (χ3v) is 1.32. The maximum absolute atomic E-state index is 10.2. The van der Waals surface area contributed by atoms with E-state index in [2.05, 4.69) is 20.1 Å².